The first-order valence-corrected chi connectivity index (χ1v) is 8.64. The summed E-state index contributed by atoms with van der Waals surface area (Å²) >= 11 is 0. The molecular formula is C19H27N5O. The van der Waals surface area contributed by atoms with E-state index in [9.17, 15) is 4.79 Å². The highest BCUT2D eigenvalue weighted by molar-refractivity contribution is 5.89. The van der Waals surface area contributed by atoms with Gasteiger partial charge in [-0.1, -0.05) is 26.0 Å². The van der Waals surface area contributed by atoms with Crippen molar-refractivity contribution in [2.45, 2.75) is 46.0 Å². The number of nitrogens with one attached hydrogen (secondary N) is 2. The fourth-order valence-electron chi connectivity index (χ4n) is 3.00. The standard InChI is InChI=1S/C19H27N5O/c1-5-21-19(25)24-16-8-6-15(7-9-16)12(2)10-13(3)17-11-22-18(20)23-14(17)4/h6-9,11-13H,5,10H2,1-4H3,(H2,20,22,23)(H2,21,24,25). The van der Waals surface area contributed by atoms with Crippen molar-refractivity contribution in [3.8, 4) is 0 Å². The van der Waals surface area contributed by atoms with Crippen LogP contribution in [0.4, 0.5) is 16.4 Å². The average Bonchev–Trinajstić information content (AvgIpc) is 2.55. The number of amides is 2. The number of nitrogens with zero attached hydrogens (tertiary/aromatic N) is 2. The molecule has 0 aliphatic rings. The van der Waals surface area contributed by atoms with Crippen LogP contribution in [-0.2, 0) is 0 Å². The summed E-state index contributed by atoms with van der Waals surface area (Å²) in [6, 6.07) is 7.80. The molecular weight excluding hydrogens is 314 g/mol. The number of carbonyl (C=O) groups excluding carboxylic acids is 1. The number of aryl methyl sites for hydroxylation is 1. The molecule has 1 aromatic heterocycles. The predicted octanol–water partition coefficient (Wildman–Crippen LogP) is 3.81. The van der Waals surface area contributed by atoms with Gasteiger partial charge in [0.25, 0.3) is 0 Å². The molecule has 0 spiro atoms. The molecule has 0 saturated carbocycles. The molecule has 1 aromatic carbocycles. The summed E-state index contributed by atoms with van der Waals surface area (Å²) in [7, 11) is 0. The van der Waals surface area contributed by atoms with Crippen LogP contribution in [-0.4, -0.2) is 22.5 Å². The number of hydrogen-bond acceptors (Lipinski definition) is 4. The summed E-state index contributed by atoms with van der Waals surface area (Å²) in [6.45, 7) is 8.85. The zero-order valence-corrected chi connectivity index (χ0v) is 15.3. The molecule has 6 heteroatoms. The van der Waals surface area contributed by atoms with Gasteiger partial charge in [0.2, 0.25) is 5.95 Å². The van der Waals surface area contributed by atoms with Gasteiger partial charge in [0.15, 0.2) is 0 Å². The number of carbonyl (C=O) groups is 1. The smallest absolute Gasteiger partial charge is 0.319 e. The van der Waals surface area contributed by atoms with Gasteiger partial charge in [0.05, 0.1) is 0 Å². The van der Waals surface area contributed by atoms with Crippen molar-refractivity contribution in [3.05, 3.63) is 47.3 Å². The second kappa shape index (κ2) is 8.46. The summed E-state index contributed by atoms with van der Waals surface area (Å²) in [4.78, 5) is 19.9. The number of urea groups is 1. The Morgan fingerprint density at radius 2 is 1.88 bits per heavy atom. The number of anilines is 2. The Morgan fingerprint density at radius 3 is 2.48 bits per heavy atom. The molecule has 2 amide bonds. The van der Waals surface area contributed by atoms with Gasteiger partial charge in [-0.2, -0.15) is 0 Å². The van der Waals surface area contributed by atoms with Crippen LogP contribution in [0.1, 0.15) is 55.8 Å². The molecule has 25 heavy (non-hydrogen) atoms. The van der Waals surface area contributed by atoms with E-state index in [1.54, 1.807) is 0 Å². The molecule has 2 rings (SSSR count). The van der Waals surface area contributed by atoms with Crippen LogP contribution in [0, 0.1) is 6.92 Å². The zero-order chi connectivity index (χ0) is 18.4. The van der Waals surface area contributed by atoms with E-state index < -0.39 is 0 Å². The van der Waals surface area contributed by atoms with Crippen molar-refractivity contribution in [1.29, 1.82) is 0 Å². The molecule has 0 aliphatic heterocycles. The van der Waals surface area contributed by atoms with E-state index in [-0.39, 0.29) is 6.03 Å². The Labute approximate surface area is 149 Å². The van der Waals surface area contributed by atoms with Crippen LogP contribution in [0.25, 0.3) is 0 Å². The Kier molecular flexibility index (Phi) is 6.33. The van der Waals surface area contributed by atoms with E-state index >= 15 is 0 Å². The number of hydrogen-bond donors (Lipinski definition) is 3. The minimum atomic E-state index is -0.184. The van der Waals surface area contributed by atoms with Gasteiger partial charge < -0.3 is 16.4 Å². The Bertz CT molecular complexity index is 714. The van der Waals surface area contributed by atoms with Crippen LogP contribution in [0.2, 0.25) is 0 Å². The third-order valence-electron chi connectivity index (χ3n) is 4.35. The SMILES string of the molecule is CCNC(=O)Nc1ccc(C(C)CC(C)c2cnc(N)nc2C)cc1. The largest absolute Gasteiger partial charge is 0.368 e. The minimum absolute atomic E-state index is 0.184. The van der Waals surface area contributed by atoms with Crippen LogP contribution in [0.15, 0.2) is 30.5 Å². The summed E-state index contributed by atoms with van der Waals surface area (Å²) in [5.41, 5.74) is 9.73. The molecule has 2 atom stereocenters. The molecule has 134 valence electrons. The summed E-state index contributed by atoms with van der Waals surface area (Å²) in [6.07, 6.45) is 2.81. The number of nitrogens with two attached hydrogens (primary N) is 1. The zero-order valence-electron chi connectivity index (χ0n) is 15.3. The van der Waals surface area contributed by atoms with Gasteiger partial charge >= 0.3 is 6.03 Å². The fourth-order valence-corrected chi connectivity index (χ4v) is 3.00. The first-order chi connectivity index (χ1) is 11.9. The lowest BCUT2D eigenvalue weighted by atomic mass is 9.87. The van der Waals surface area contributed by atoms with Crippen LogP contribution >= 0.6 is 0 Å². The Morgan fingerprint density at radius 1 is 1.20 bits per heavy atom. The van der Waals surface area contributed by atoms with E-state index in [1.807, 2.05) is 32.2 Å². The topological polar surface area (TPSA) is 92.9 Å². The van der Waals surface area contributed by atoms with Crippen molar-refractivity contribution in [1.82, 2.24) is 15.3 Å². The van der Waals surface area contributed by atoms with Gasteiger partial charge in [-0.3, -0.25) is 0 Å². The molecule has 4 N–H and O–H groups in total. The predicted molar refractivity (Wildman–Crippen MR) is 102 cm³/mol. The molecule has 2 aromatic rings. The molecule has 1 heterocycles. The molecule has 0 aliphatic carbocycles. The lowest BCUT2D eigenvalue weighted by molar-refractivity contribution is 0.252. The average molecular weight is 341 g/mol. The molecule has 6 nitrogen and oxygen atoms in total. The Hall–Kier alpha value is -2.63. The molecule has 0 radical (unpaired) electrons. The van der Waals surface area contributed by atoms with Crippen molar-refractivity contribution in [3.63, 3.8) is 0 Å². The normalized spacial score (nSPS) is 13.1. The number of nitrogen functional groups attached to an aromatic ring is 1. The lowest BCUT2D eigenvalue weighted by Crippen LogP contribution is -2.28. The monoisotopic (exact) mass is 341 g/mol. The minimum Gasteiger partial charge on any atom is -0.368 e. The van der Waals surface area contributed by atoms with Crippen molar-refractivity contribution in [2.24, 2.45) is 0 Å². The summed E-state index contributed by atoms with van der Waals surface area (Å²) in [5.74, 6) is 1.03. The first-order valence-electron chi connectivity index (χ1n) is 8.64. The first kappa shape index (κ1) is 18.7. The van der Waals surface area contributed by atoms with E-state index in [0.717, 1.165) is 23.4 Å². The van der Waals surface area contributed by atoms with E-state index in [4.69, 9.17) is 5.73 Å². The maximum absolute atomic E-state index is 11.5. The molecule has 2 unspecified atom stereocenters. The van der Waals surface area contributed by atoms with Gasteiger partial charge in [-0.25, -0.2) is 14.8 Å². The second-order valence-electron chi connectivity index (χ2n) is 6.41. The van der Waals surface area contributed by atoms with Crippen LogP contribution < -0.4 is 16.4 Å². The van der Waals surface area contributed by atoms with Gasteiger partial charge in [-0.15, -0.1) is 0 Å². The lowest BCUT2D eigenvalue weighted by Gasteiger charge is -2.19. The molecule has 0 saturated heterocycles. The number of rotatable bonds is 6. The van der Waals surface area contributed by atoms with E-state index in [1.165, 1.54) is 5.56 Å². The highest BCUT2D eigenvalue weighted by Crippen LogP contribution is 2.30. The van der Waals surface area contributed by atoms with Crippen molar-refractivity contribution < 1.29 is 4.79 Å². The number of aromatic nitrogens is 2. The Balaban J connectivity index is 2.00. The highest BCUT2D eigenvalue weighted by atomic mass is 16.2. The molecule has 0 fully saturated rings. The third-order valence-corrected chi connectivity index (χ3v) is 4.35. The molecule has 0 bridgehead atoms. The van der Waals surface area contributed by atoms with Gasteiger partial charge in [0, 0.05) is 24.1 Å². The van der Waals surface area contributed by atoms with Gasteiger partial charge in [-0.05, 0) is 55.4 Å². The van der Waals surface area contributed by atoms with Crippen LogP contribution in [0.5, 0.6) is 0 Å². The van der Waals surface area contributed by atoms with Gasteiger partial charge in [0.1, 0.15) is 0 Å². The van der Waals surface area contributed by atoms with Crippen LogP contribution in [0.3, 0.4) is 0 Å². The van der Waals surface area contributed by atoms with Crippen molar-refractivity contribution in [2.75, 3.05) is 17.6 Å². The maximum Gasteiger partial charge on any atom is 0.319 e. The van der Waals surface area contributed by atoms with E-state index in [2.05, 4.69) is 46.6 Å². The van der Waals surface area contributed by atoms with Crippen molar-refractivity contribution >= 4 is 17.7 Å². The highest BCUT2D eigenvalue weighted by Gasteiger charge is 2.15. The number of benzene rings is 1. The maximum atomic E-state index is 11.5. The quantitative estimate of drug-likeness (QED) is 0.745. The second-order valence-corrected chi connectivity index (χ2v) is 6.41. The van der Waals surface area contributed by atoms with E-state index in [0.29, 0.717) is 24.3 Å². The third kappa shape index (κ3) is 5.17. The fraction of sp³-hybridized carbons (Fsp3) is 0.421. The summed E-state index contributed by atoms with van der Waals surface area (Å²) < 4.78 is 0. The summed E-state index contributed by atoms with van der Waals surface area (Å²) in [5, 5.41) is 5.52.